The van der Waals surface area contributed by atoms with Crippen molar-refractivity contribution < 1.29 is 22.7 Å². The third-order valence-electron chi connectivity index (χ3n) is 6.90. The Morgan fingerprint density at radius 3 is 2.46 bits per heavy atom. The van der Waals surface area contributed by atoms with Crippen LogP contribution >= 0.6 is 15.9 Å². The fourth-order valence-corrected chi connectivity index (χ4v) is 5.57. The van der Waals surface area contributed by atoms with Gasteiger partial charge in [-0.2, -0.15) is 18.4 Å². The molecule has 3 aromatic rings. The number of rotatable bonds is 6. The number of anilines is 1. The highest BCUT2D eigenvalue weighted by Crippen LogP contribution is 2.38. The van der Waals surface area contributed by atoms with E-state index in [1.807, 2.05) is 24.8 Å². The molecule has 0 aliphatic carbocycles. The summed E-state index contributed by atoms with van der Waals surface area (Å²) in [5.41, 5.74) is 0.647. The number of aliphatic hydroxyl groups excluding tert-OH is 1. The fraction of sp³-hybridized carbons (Fsp3) is 0.423. The number of aromatic nitrogens is 1. The summed E-state index contributed by atoms with van der Waals surface area (Å²) in [6, 6.07) is 9.58. The van der Waals surface area contributed by atoms with Crippen LogP contribution in [0.25, 0.3) is 11.1 Å². The topological polar surface area (TPSA) is 93.6 Å². The van der Waals surface area contributed by atoms with Crippen molar-refractivity contribution in [3.8, 4) is 6.07 Å². The molecular weight excluding hydrogens is 553 g/mol. The Labute approximate surface area is 220 Å². The van der Waals surface area contributed by atoms with Crippen LogP contribution in [-0.4, -0.2) is 46.8 Å². The second-order valence-electron chi connectivity index (χ2n) is 9.00. The van der Waals surface area contributed by atoms with Crippen LogP contribution in [0.3, 0.4) is 0 Å². The SMILES string of the molecule is CCC(c1ccc(C(F)(F)F)cc1)N1C[C@@H](CO)N(c2c(Br)c(=O)oc3ccc(C#N)nc23)C[C@H]1CC. The highest BCUT2D eigenvalue weighted by Gasteiger charge is 2.39. The van der Waals surface area contributed by atoms with Gasteiger partial charge in [0, 0.05) is 25.2 Å². The molecule has 1 saturated heterocycles. The van der Waals surface area contributed by atoms with Crippen molar-refractivity contribution in [3.05, 3.63) is 68.1 Å². The molecule has 0 amide bonds. The number of nitrogens with zero attached hydrogens (tertiary/aromatic N) is 4. The number of alkyl halides is 3. The molecule has 7 nitrogen and oxygen atoms in total. The van der Waals surface area contributed by atoms with Crippen LogP contribution in [0.1, 0.15) is 49.6 Å². The first kappa shape index (κ1) is 27.1. The van der Waals surface area contributed by atoms with Crippen molar-refractivity contribution in [1.82, 2.24) is 9.88 Å². The lowest BCUT2D eigenvalue weighted by Crippen LogP contribution is -2.60. The van der Waals surface area contributed by atoms with Gasteiger partial charge in [-0.05, 0) is 58.6 Å². The molecule has 0 bridgehead atoms. The van der Waals surface area contributed by atoms with Crippen molar-refractivity contribution >= 4 is 32.7 Å². The number of fused-ring (bicyclic) bond motifs is 1. The zero-order valence-electron chi connectivity index (χ0n) is 20.3. The molecule has 1 aromatic carbocycles. The number of halogens is 4. The van der Waals surface area contributed by atoms with Crippen LogP contribution in [0.4, 0.5) is 18.9 Å². The molecule has 1 N–H and O–H groups in total. The minimum absolute atomic E-state index is 0.0385. The molecule has 0 spiro atoms. The summed E-state index contributed by atoms with van der Waals surface area (Å²) in [6.07, 6.45) is -3.02. The van der Waals surface area contributed by atoms with Crippen LogP contribution in [0.15, 0.2) is 50.1 Å². The molecule has 0 radical (unpaired) electrons. The number of pyridine rings is 1. The van der Waals surface area contributed by atoms with E-state index in [0.717, 1.165) is 24.1 Å². The largest absolute Gasteiger partial charge is 0.420 e. The lowest BCUT2D eigenvalue weighted by molar-refractivity contribution is -0.137. The molecule has 3 heterocycles. The van der Waals surface area contributed by atoms with Crippen LogP contribution < -0.4 is 10.5 Å². The van der Waals surface area contributed by atoms with Gasteiger partial charge in [-0.15, -0.1) is 0 Å². The number of piperazine rings is 1. The van der Waals surface area contributed by atoms with E-state index in [9.17, 15) is 28.3 Å². The fourth-order valence-electron chi connectivity index (χ4n) is 5.07. The molecule has 1 unspecified atom stereocenters. The minimum Gasteiger partial charge on any atom is -0.420 e. The van der Waals surface area contributed by atoms with Crippen LogP contribution in [0, 0.1) is 11.3 Å². The van der Waals surface area contributed by atoms with E-state index in [4.69, 9.17) is 4.42 Å². The van der Waals surface area contributed by atoms with Crippen molar-refractivity contribution in [3.63, 3.8) is 0 Å². The molecule has 11 heteroatoms. The van der Waals surface area contributed by atoms with Gasteiger partial charge in [-0.1, -0.05) is 26.0 Å². The highest BCUT2D eigenvalue weighted by molar-refractivity contribution is 9.10. The van der Waals surface area contributed by atoms with Gasteiger partial charge >= 0.3 is 11.8 Å². The lowest BCUT2D eigenvalue weighted by atomic mass is 9.95. The molecule has 4 rings (SSSR count). The van der Waals surface area contributed by atoms with Crippen molar-refractivity contribution in [2.24, 2.45) is 0 Å². The summed E-state index contributed by atoms with van der Waals surface area (Å²) in [5, 5.41) is 19.8. The van der Waals surface area contributed by atoms with Gasteiger partial charge in [0.25, 0.3) is 0 Å². The first-order valence-electron chi connectivity index (χ1n) is 12.0. The van der Waals surface area contributed by atoms with Crippen molar-refractivity contribution in [1.29, 1.82) is 5.26 Å². The van der Waals surface area contributed by atoms with E-state index < -0.39 is 23.4 Å². The number of hydrogen-bond acceptors (Lipinski definition) is 7. The number of aliphatic hydroxyl groups is 1. The van der Waals surface area contributed by atoms with E-state index in [0.29, 0.717) is 30.7 Å². The predicted molar refractivity (Wildman–Crippen MR) is 136 cm³/mol. The monoisotopic (exact) mass is 578 g/mol. The number of nitriles is 1. The Kier molecular flexibility index (Phi) is 7.92. The molecule has 3 atom stereocenters. The molecule has 2 aromatic heterocycles. The summed E-state index contributed by atoms with van der Waals surface area (Å²) in [6.45, 7) is 4.60. The maximum absolute atomic E-state index is 13.1. The Hall–Kier alpha value is -2.94. The van der Waals surface area contributed by atoms with Crippen molar-refractivity contribution in [2.75, 3.05) is 24.6 Å². The third-order valence-corrected chi connectivity index (χ3v) is 7.60. The summed E-state index contributed by atoms with van der Waals surface area (Å²) >= 11 is 3.34. The van der Waals surface area contributed by atoms with E-state index in [2.05, 4.69) is 25.8 Å². The molecule has 37 heavy (non-hydrogen) atoms. The molecule has 1 aliphatic rings. The minimum atomic E-state index is -4.40. The van der Waals surface area contributed by atoms with Gasteiger partial charge in [0.1, 0.15) is 21.8 Å². The van der Waals surface area contributed by atoms with Gasteiger partial charge < -0.3 is 14.4 Å². The van der Waals surface area contributed by atoms with Gasteiger partial charge in [0.05, 0.1) is 23.9 Å². The highest BCUT2D eigenvalue weighted by atomic mass is 79.9. The molecule has 1 aliphatic heterocycles. The second kappa shape index (κ2) is 10.8. The average Bonchev–Trinajstić information content (AvgIpc) is 2.89. The second-order valence-corrected chi connectivity index (χ2v) is 9.79. The van der Waals surface area contributed by atoms with E-state index in [1.165, 1.54) is 24.3 Å². The van der Waals surface area contributed by atoms with Crippen LogP contribution in [0.5, 0.6) is 0 Å². The average molecular weight is 579 g/mol. The molecular formula is C26H26BrF3N4O3. The Morgan fingerprint density at radius 1 is 1.19 bits per heavy atom. The zero-order valence-corrected chi connectivity index (χ0v) is 21.9. The van der Waals surface area contributed by atoms with Crippen LogP contribution in [-0.2, 0) is 6.18 Å². The Balaban J connectivity index is 1.74. The normalized spacial score (nSPS) is 19.7. The first-order chi connectivity index (χ1) is 17.6. The standard InChI is InChI=1S/C26H26BrF3N4O3/c1-3-18-12-34(24-22(27)25(36)37-21-10-9-17(11-31)32-23(21)24)19(14-35)13-33(18)20(4-2)15-5-7-16(8-6-15)26(28,29)30/h5-10,18-20,35H,3-4,12-14H2,1-2H3/t18-,19+,20?/m1/s1. The quantitative estimate of drug-likeness (QED) is 0.426. The molecule has 0 saturated carbocycles. The summed E-state index contributed by atoms with van der Waals surface area (Å²) in [7, 11) is 0. The molecule has 1 fully saturated rings. The van der Waals surface area contributed by atoms with E-state index in [-0.39, 0.29) is 34.4 Å². The summed E-state index contributed by atoms with van der Waals surface area (Å²) < 4.78 is 44.8. The number of benzene rings is 1. The Morgan fingerprint density at radius 2 is 1.89 bits per heavy atom. The maximum Gasteiger partial charge on any atom is 0.416 e. The van der Waals surface area contributed by atoms with Crippen molar-refractivity contribution in [2.45, 2.75) is 51.0 Å². The maximum atomic E-state index is 13.1. The van der Waals surface area contributed by atoms with Crippen LogP contribution in [0.2, 0.25) is 0 Å². The Bertz CT molecular complexity index is 1370. The van der Waals surface area contributed by atoms with Gasteiger partial charge in [0.2, 0.25) is 0 Å². The van der Waals surface area contributed by atoms with E-state index >= 15 is 0 Å². The lowest BCUT2D eigenvalue weighted by Gasteiger charge is -2.50. The van der Waals surface area contributed by atoms with Gasteiger partial charge in [-0.25, -0.2) is 9.78 Å². The summed E-state index contributed by atoms with van der Waals surface area (Å²) in [5.74, 6) is 0. The molecule has 196 valence electrons. The third kappa shape index (κ3) is 5.23. The van der Waals surface area contributed by atoms with E-state index in [1.54, 1.807) is 0 Å². The smallest absolute Gasteiger partial charge is 0.416 e. The summed E-state index contributed by atoms with van der Waals surface area (Å²) in [4.78, 5) is 21.1. The predicted octanol–water partition coefficient (Wildman–Crippen LogP) is 5.25. The zero-order chi connectivity index (χ0) is 26.9. The number of hydrogen-bond donors (Lipinski definition) is 1. The van der Waals surface area contributed by atoms with Gasteiger partial charge in [0.15, 0.2) is 5.58 Å². The van der Waals surface area contributed by atoms with Gasteiger partial charge in [-0.3, -0.25) is 4.90 Å². The first-order valence-corrected chi connectivity index (χ1v) is 12.8.